The van der Waals surface area contributed by atoms with Crippen LogP contribution in [0.25, 0.3) is 0 Å². The fourth-order valence-corrected chi connectivity index (χ4v) is 3.94. The van der Waals surface area contributed by atoms with Crippen LogP contribution in [0.2, 0.25) is 0 Å². The first-order valence-electron chi connectivity index (χ1n) is 7.21. The molecule has 0 unspecified atom stereocenters. The molecule has 0 aliphatic rings. The lowest BCUT2D eigenvalue weighted by molar-refractivity contribution is 0.0525. The lowest BCUT2D eigenvalue weighted by Gasteiger charge is -2.16. The minimum Gasteiger partial charge on any atom is -0.462 e. The van der Waals surface area contributed by atoms with Crippen LogP contribution >= 0.6 is 27.3 Å². The van der Waals surface area contributed by atoms with E-state index in [9.17, 15) is 9.59 Å². The summed E-state index contributed by atoms with van der Waals surface area (Å²) >= 11 is 5.01. The number of carbonyl (C=O) groups excluding carboxylic acids is 2. The van der Waals surface area contributed by atoms with Crippen LogP contribution in [-0.2, 0) is 11.3 Å². The van der Waals surface area contributed by atoms with E-state index in [4.69, 9.17) is 4.74 Å². The van der Waals surface area contributed by atoms with Gasteiger partial charge in [-0.2, -0.15) is 0 Å². The largest absolute Gasteiger partial charge is 0.462 e. The number of hydrogen-bond acceptors (Lipinski definition) is 4. The predicted molar refractivity (Wildman–Crippen MR) is 94.0 cm³/mol. The van der Waals surface area contributed by atoms with Crippen molar-refractivity contribution in [1.82, 2.24) is 9.88 Å². The topological polar surface area (TPSA) is 62.4 Å². The molecular formula is C16H19BrN2O3S. The fourth-order valence-electron chi connectivity index (χ4n) is 2.41. The number of thiophene rings is 1. The molecule has 1 N–H and O–H groups in total. The van der Waals surface area contributed by atoms with Gasteiger partial charge in [-0.05, 0) is 54.4 Å². The van der Waals surface area contributed by atoms with Gasteiger partial charge in [0, 0.05) is 17.6 Å². The highest BCUT2D eigenvalue weighted by molar-refractivity contribution is 9.11. The summed E-state index contributed by atoms with van der Waals surface area (Å²) in [5.74, 6) is -0.548. The molecule has 0 aliphatic heterocycles. The molecule has 0 fully saturated rings. The van der Waals surface area contributed by atoms with Crippen molar-refractivity contribution in [2.24, 2.45) is 0 Å². The lowest BCUT2D eigenvalue weighted by atomic mass is 10.1. The van der Waals surface area contributed by atoms with Gasteiger partial charge in [0.25, 0.3) is 5.91 Å². The predicted octanol–water partition coefficient (Wildman–Crippen LogP) is 3.90. The van der Waals surface area contributed by atoms with Gasteiger partial charge in [0.1, 0.15) is 5.69 Å². The van der Waals surface area contributed by atoms with E-state index in [1.165, 1.54) is 0 Å². The molecule has 0 saturated heterocycles. The molecule has 2 rings (SSSR count). The molecule has 2 aromatic rings. The van der Waals surface area contributed by atoms with Crippen molar-refractivity contribution in [2.45, 2.75) is 27.3 Å². The van der Waals surface area contributed by atoms with Crippen LogP contribution in [-0.4, -0.2) is 35.4 Å². The third kappa shape index (κ3) is 3.84. The number of H-pyrrole nitrogens is 1. The van der Waals surface area contributed by atoms with Crippen molar-refractivity contribution in [3.63, 3.8) is 0 Å². The van der Waals surface area contributed by atoms with Gasteiger partial charge in [-0.3, -0.25) is 4.79 Å². The number of amides is 1. The van der Waals surface area contributed by atoms with Crippen LogP contribution in [0.1, 0.15) is 43.9 Å². The molecule has 124 valence electrons. The highest BCUT2D eigenvalue weighted by atomic mass is 79.9. The Labute approximate surface area is 147 Å². The molecular weight excluding hydrogens is 380 g/mol. The maximum absolute atomic E-state index is 12.7. The molecule has 0 aliphatic carbocycles. The molecule has 0 aromatic carbocycles. The lowest BCUT2D eigenvalue weighted by Crippen LogP contribution is -2.26. The second-order valence-electron chi connectivity index (χ2n) is 5.21. The Bertz CT molecular complexity index is 736. The van der Waals surface area contributed by atoms with Gasteiger partial charge in [0.2, 0.25) is 0 Å². The number of halogens is 1. The second-order valence-corrected chi connectivity index (χ2v) is 7.76. The monoisotopic (exact) mass is 398 g/mol. The van der Waals surface area contributed by atoms with Crippen molar-refractivity contribution >= 4 is 39.1 Å². The number of ether oxygens (including phenoxy) is 1. The second kappa shape index (κ2) is 7.31. The average Bonchev–Trinajstić information content (AvgIpc) is 3.01. The van der Waals surface area contributed by atoms with Gasteiger partial charge in [-0.1, -0.05) is 0 Å². The zero-order valence-electron chi connectivity index (χ0n) is 13.5. The van der Waals surface area contributed by atoms with E-state index in [0.717, 1.165) is 8.66 Å². The number of aromatic amines is 1. The number of rotatable bonds is 5. The molecule has 23 heavy (non-hydrogen) atoms. The van der Waals surface area contributed by atoms with Crippen LogP contribution in [0.4, 0.5) is 0 Å². The molecule has 0 radical (unpaired) electrons. The van der Waals surface area contributed by atoms with Crippen LogP contribution < -0.4 is 0 Å². The summed E-state index contributed by atoms with van der Waals surface area (Å²) in [6.45, 7) is 6.11. The van der Waals surface area contributed by atoms with Gasteiger partial charge in [0.05, 0.1) is 22.5 Å². The number of aromatic nitrogens is 1. The third-order valence-electron chi connectivity index (χ3n) is 3.50. The zero-order chi connectivity index (χ0) is 17.1. The third-order valence-corrected chi connectivity index (χ3v) is 5.11. The molecule has 0 bridgehead atoms. The standard InChI is InChI=1S/C16H19BrN2O3S/c1-5-22-16(21)13-9(2)14(18-10(13)3)15(20)19(4)8-11-6-7-12(17)23-11/h6-7,18H,5,8H2,1-4H3. The quantitative estimate of drug-likeness (QED) is 0.776. The maximum Gasteiger partial charge on any atom is 0.340 e. The van der Waals surface area contributed by atoms with Gasteiger partial charge in [-0.15, -0.1) is 11.3 Å². The van der Waals surface area contributed by atoms with E-state index < -0.39 is 5.97 Å². The summed E-state index contributed by atoms with van der Waals surface area (Å²) in [7, 11) is 1.75. The Morgan fingerprint density at radius 1 is 1.35 bits per heavy atom. The Kier molecular flexibility index (Phi) is 5.64. The molecule has 5 nitrogen and oxygen atoms in total. The zero-order valence-corrected chi connectivity index (χ0v) is 15.9. The van der Waals surface area contributed by atoms with Gasteiger partial charge >= 0.3 is 5.97 Å². The first-order chi connectivity index (χ1) is 10.8. The first-order valence-corrected chi connectivity index (χ1v) is 8.82. The SMILES string of the molecule is CCOC(=O)c1c(C)[nH]c(C(=O)N(C)Cc2ccc(Br)s2)c1C. The van der Waals surface area contributed by atoms with E-state index in [1.54, 1.807) is 44.1 Å². The molecule has 0 spiro atoms. The minimum absolute atomic E-state index is 0.148. The summed E-state index contributed by atoms with van der Waals surface area (Å²) in [5.41, 5.74) is 2.16. The molecule has 2 heterocycles. The van der Waals surface area contributed by atoms with E-state index in [1.807, 2.05) is 12.1 Å². The molecule has 0 atom stereocenters. The molecule has 7 heteroatoms. The van der Waals surface area contributed by atoms with Gasteiger partial charge < -0.3 is 14.6 Å². The van der Waals surface area contributed by atoms with E-state index in [0.29, 0.717) is 35.7 Å². The number of nitrogens with one attached hydrogen (secondary N) is 1. The van der Waals surface area contributed by atoms with E-state index >= 15 is 0 Å². The van der Waals surface area contributed by atoms with E-state index in [-0.39, 0.29) is 5.91 Å². The Balaban J connectivity index is 2.22. The van der Waals surface area contributed by atoms with Crippen LogP contribution in [0.3, 0.4) is 0 Å². The van der Waals surface area contributed by atoms with Crippen molar-refractivity contribution < 1.29 is 14.3 Å². The number of carbonyl (C=O) groups is 2. The highest BCUT2D eigenvalue weighted by Gasteiger charge is 2.24. The molecule has 1 amide bonds. The van der Waals surface area contributed by atoms with Crippen LogP contribution in [0.15, 0.2) is 15.9 Å². The normalized spacial score (nSPS) is 10.7. The van der Waals surface area contributed by atoms with Gasteiger partial charge in [-0.25, -0.2) is 4.79 Å². The number of hydrogen-bond donors (Lipinski definition) is 1. The highest BCUT2D eigenvalue weighted by Crippen LogP contribution is 2.24. The fraction of sp³-hybridized carbons (Fsp3) is 0.375. The van der Waals surface area contributed by atoms with Crippen LogP contribution in [0, 0.1) is 13.8 Å². The number of nitrogens with zero attached hydrogens (tertiary/aromatic N) is 1. The summed E-state index contributed by atoms with van der Waals surface area (Å²) in [5, 5.41) is 0. The van der Waals surface area contributed by atoms with Crippen molar-refractivity contribution in [3.05, 3.63) is 43.3 Å². The average molecular weight is 399 g/mol. The van der Waals surface area contributed by atoms with Crippen LogP contribution in [0.5, 0.6) is 0 Å². The number of esters is 1. The summed E-state index contributed by atoms with van der Waals surface area (Å²) < 4.78 is 6.09. The summed E-state index contributed by atoms with van der Waals surface area (Å²) in [4.78, 5) is 30.4. The molecule has 0 saturated carbocycles. The maximum atomic E-state index is 12.7. The minimum atomic E-state index is -0.400. The molecule has 2 aromatic heterocycles. The van der Waals surface area contributed by atoms with Crippen molar-refractivity contribution in [1.29, 1.82) is 0 Å². The summed E-state index contributed by atoms with van der Waals surface area (Å²) in [6, 6.07) is 3.94. The van der Waals surface area contributed by atoms with Crippen molar-refractivity contribution in [2.75, 3.05) is 13.7 Å². The number of aryl methyl sites for hydroxylation is 1. The smallest absolute Gasteiger partial charge is 0.340 e. The first kappa shape index (κ1) is 17.7. The Morgan fingerprint density at radius 3 is 2.61 bits per heavy atom. The Morgan fingerprint density at radius 2 is 2.04 bits per heavy atom. The van der Waals surface area contributed by atoms with Crippen molar-refractivity contribution in [3.8, 4) is 0 Å². The Hall–Kier alpha value is -1.60. The van der Waals surface area contributed by atoms with E-state index in [2.05, 4.69) is 20.9 Å². The summed E-state index contributed by atoms with van der Waals surface area (Å²) in [6.07, 6.45) is 0. The van der Waals surface area contributed by atoms with Gasteiger partial charge in [0.15, 0.2) is 0 Å².